The summed E-state index contributed by atoms with van der Waals surface area (Å²) in [7, 11) is 0. The highest BCUT2D eigenvalue weighted by molar-refractivity contribution is 7.99. The van der Waals surface area contributed by atoms with E-state index in [4.69, 9.17) is 0 Å². The molecule has 2 atom stereocenters. The van der Waals surface area contributed by atoms with E-state index in [-0.39, 0.29) is 11.4 Å². The van der Waals surface area contributed by atoms with Crippen LogP contribution in [-0.2, 0) is 4.79 Å². The van der Waals surface area contributed by atoms with Crippen molar-refractivity contribution in [1.82, 2.24) is 15.5 Å². The summed E-state index contributed by atoms with van der Waals surface area (Å²) in [6.45, 7) is 7.75. The molecule has 3 aliphatic rings. The van der Waals surface area contributed by atoms with Gasteiger partial charge in [0.2, 0.25) is 5.91 Å². The number of amides is 1. The van der Waals surface area contributed by atoms with Crippen molar-refractivity contribution >= 4 is 17.7 Å². The normalized spacial score (nSPS) is 29.3. The van der Waals surface area contributed by atoms with Gasteiger partial charge in [-0.1, -0.05) is 19.8 Å². The average molecular weight is 354 g/mol. The fraction of sp³-hybridized carbons (Fsp3) is 0.947. The molecule has 0 aromatic heterocycles. The maximum absolute atomic E-state index is 12.5. The van der Waals surface area contributed by atoms with Gasteiger partial charge in [-0.3, -0.25) is 9.69 Å². The molecule has 0 bridgehead atoms. The Morgan fingerprint density at radius 2 is 2.04 bits per heavy atom. The van der Waals surface area contributed by atoms with Gasteiger partial charge in [0.25, 0.3) is 0 Å². The summed E-state index contributed by atoms with van der Waals surface area (Å²) >= 11 is 2.07. The Hall–Kier alpha value is -0.260. The van der Waals surface area contributed by atoms with Crippen LogP contribution in [0.15, 0.2) is 0 Å². The van der Waals surface area contributed by atoms with Gasteiger partial charge in [0.1, 0.15) is 0 Å². The van der Waals surface area contributed by atoms with Crippen molar-refractivity contribution < 1.29 is 4.79 Å². The van der Waals surface area contributed by atoms with Gasteiger partial charge in [0.15, 0.2) is 0 Å². The van der Waals surface area contributed by atoms with Gasteiger partial charge in [-0.2, -0.15) is 11.8 Å². The Balaban J connectivity index is 1.48. The van der Waals surface area contributed by atoms with E-state index in [1.165, 1.54) is 63.1 Å². The van der Waals surface area contributed by atoms with Crippen molar-refractivity contribution in [3.05, 3.63) is 0 Å². The van der Waals surface area contributed by atoms with E-state index in [2.05, 4.69) is 34.2 Å². The number of carbonyl (C=O) groups excluding carboxylic acids is 1. The molecule has 2 N–H and O–H groups in total. The molecule has 2 heterocycles. The third-order valence-electron chi connectivity index (χ3n) is 6.48. The largest absolute Gasteiger partial charge is 0.354 e. The molecule has 138 valence electrons. The second-order valence-electron chi connectivity index (χ2n) is 8.10. The van der Waals surface area contributed by atoms with Crippen LogP contribution >= 0.6 is 11.8 Å². The van der Waals surface area contributed by atoms with Crippen LogP contribution in [-0.4, -0.2) is 60.6 Å². The van der Waals surface area contributed by atoms with E-state index in [1.807, 2.05) is 0 Å². The molecular weight excluding hydrogens is 318 g/mol. The molecule has 3 fully saturated rings. The van der Waals surface area contributed by atoms with Crippen molar-refractivity contribution in [1.29, 1.82) is 0 Å². The van der Waals surface area contributed by atoms with Crippen LogP contribution in [0, 0.1) is 11.8 Å². The lowest BCUT2D eigenvalue weighted by atomic mass is 9.85. The van der Waals surface area contributed by atoms with Crippen LogP contribution in [0.25, 0.3) is 0 Å². The van der Waals surface area contributed by atoms with Gasteiger partial charge in [0.05, 0.1) is 0 Å². The molecule has 2 aliphatic heterocycles. The Bertz CT molecular complexity index is 399. The zero-order valence-corrected chi connectivity index (χ0v) is 16.1. The number of nitrogens with one attached hydrogen (secondary N) is 2. The summed E-state index contributed by atoms with van der Waals surface area (Å²) in [5, 5.41) is 6.80. The zero-order valence-electron chi connectivity index (χ0n) is 15.3. The van der Waals surface area contributed by atoms with E-state index in [0.717, 1.165) is 19.6 Å². The maximum Gasteiger partial charge on any atom is 0.220 e. The monoisotopic (exact) mass is 353 g/mol. The second kappa shape index (κ2) is 8.91. The van der Waals surface area contributed by atoms with Crippen LogP contribution in [0.2, 0.25) is 0 Å². The van der Waals surface area contributed by atoms with Crippen LogP contribution in [0.1, 0.15) is 51.9 Å². The predicted octanol–water partition coefficient (Wildman–Crippen LogP) is 2.49. The van der Waals surface area contributed by atoms with Gasteiger partial charge in [-0.05, 0) is 50.6 Å². The Kier molecular flexibility index (Phi) is 6.88. The maximum atomic E-state index is 12.5. The number of carbonyl (C=O) groups is 1. The summed E-state index contributed by atoms with van der Waals surface area (Å²) in [6, 6.07) is 0. The molecule has 3 rings (SSSR count). The van der Waals surface area contributed by atoms with Crippen molar-refractivity contribution in [3.63, 3.8) is 0 Å². The molecule has 0 aromatic carbocycles. The van der Waals surface area contributed by atoms with E-state index >= 15 is 0 Å². The minimum atomic E-state index is 0.256. The molecule has 1 aliphatic carbocycles. The number of nitrogens with zero attached hydrogens (tertiary/aromatic N) is 1. The first-order valence-electron chi connectivity index (χ1n) is 10.00. The first-order chi connectivity index (χ1) is 11.7. The van der Waals surface area contributed by atoms with Crippen molar-refractivity contribution in [2.75, 3.05) is 44.2 Å². The third kappa shape index (κ3) is 4.67. The summed E-state index contributed by atoms with van der Waals surface area (Å²) in [5.41, 5.74) is 0.256. The highest BCUT2D eigenvalue weighted by Crippen LogP contribution is 2.36. The Morgan fingerprint density at radius 3 is 2.71 bits per heavy atom. The van der Waals surface area contributed by atoms with E-state index in [1.54, 1.807) is 0 Å². The van der Waals surface area contributed by atoms with Gasteiger partial charge in [-0.25, -0.2) is 0 Å². The number of hydrogen-bond donors (Lipinski definition) is 2. The van der Waals surface area contributed by atoms with Crippen LogP contribution in [0.3, 0.4) is 0 Å². The summed E-state index contributed by atoms with van der Waals surface area (Å²) in [5.74, 6) is 3.93. The first kappa shape index (κ1) is 18.5. The van der Waals surface area contributed by atoms with E-state index < -0.39 is 0 Å². The molecule has 1 saturated carbocycles. The predicted molar refractivity (Wildman–Crippen MR) is 102 cm³/mol. The van der Waals surface area contributed by atoms with Crippen molar-refractivity contribution in [2.45, 2.75) is 57.4 Å². The molecule has 0 radical (unpaired) electrons. The smallest absolute Gasteiger partial charge is 0.220 e. The summed E-state index contributed by atoms with van der Waals surface area (Å²) in [4.78, 5) is 15.2. The molecule has 1 amide bonds. The van der Waals surface area contributed by atoms with E-state index in [9.17, 15) is 4.79 Å². The quantitative estimate of drug-likeness (QED) is 0.770. The van der Waals surface area contributed by atoms with Crippen LogP contribution < -0.4 is 10.6 Å². The lowest BCUT2D eigenvalue weighted by molar-refractivity contribution is -0.123. The minimum absolute atomic E-state index is 0.256. The lowest BCUT2D eigenvalue weighted by Gasteiger charge is -2.43. The van der Waals surface area contributed by atoms with E-state index in [0.29, 0.717) is 18.3 Å². The number of rotatable bonds is 6. The zero-order chi connectivity index (χ0) is 16.8. The Labute approximate surface area is 151 Å². The molecule has 0 spiro atoms. The van der Waals surface area contributed by atoms with Crippen molar-refractivity contribution in [2.24, 2.45) is 11.8 Å². The fourth-order valence-corrected chi connectivity index (χ4v) is 5.74. The number of piperidine rings is 1. The second-order valence-corrected chi connectivity index (χ2v) is 9.32. The summed E-state index contributed by atoms with van der Waals surface area (Å²) < 4.78 is 0. The van der Waals surface area contributed by atoms with Crippen LogP contribution in [0.5, 0.6) is 0 Å². The highest BCUT2D eigenvalue weighted by Gasteiger charge is 2.40. The lowest BCUT2D eigenvalue weighted by Crippen LogP contribution is -2.56. The SMILES string of the molecule is CC(CC(=O)NCC1(N2CCSCC2)CCCC1)C1CCCNC1. The third-order valence-corrected chi connectivity index (χ3v) is 7.42. The molecule has 24 heavy (non-hydrogen) atoms. The van der Waals surface area contributed by atoms with Crippen LogP contribution in [0.4, 0.5) is 0 Å². The topological polar surface area (TPSA) is 44.4 Å². The molecule has 0 aromatic rings. The number of hydrogen-bond acceptors (Lipinski definition) is 4. The molecule has 2 saturated heterocycles. The standard InChI is InChI=1S/C19H35N3OS/c1-16(17-5-4-8-20-14-17)13-18(23)21-15-19(6-2-3-7-19)22-9-11-24-12-10-22/h16-17,20H,2-15H2,1H3,(H,21,23). The fourth-order valence-electron chi connectivity index (χ4n) is 4.83. The molecule has 2 unspecified atom stereocenters. The summed E-state index contributed by atoms with van der Waals surface area (Å²) in [6.07, 6.45) is 8.40. The molecule has 5 heteroatoms. The minimum Gasteiger partial charge on any atom is -0.354 e. The Morgan fingerprint density at radius 1 is 1.29 bits per heavy atom. The van der Waals surface area contributed by atoms with Gasteiger partial charge >= 0.3 is 0 Å². The molecular formula is C19H35N3OS. The van der Waals surface area contributed by atoms with Gasteiger partial charge < -0.3 is 10.6 Å². The molecule has 4 nitrogen and oxygen atoms in total. The number of thioether (sulfide) groups is 1. The average Bonchev–Trinajstić information content (AvgIpc) is 3.12. The highest BCUT2D eigenvalue weighted by atomic mass is 32.2. The van der Waals surface area contributed by atoms with Gasteiger partial charge in [0, 0.05) is 43.1 Å². The first-order valence-corrected chi connectivity index (χ1v) is 11.2. The van der Waals surface area contributed by atoms with Crippen molar-refractivity contribution in [3.8, 4) is 0 Å². The van der Waals surface area contributed by atoms with Gasteiger partial charge in [-0.15, -0.1) is 0 Å².